The summed E-state index contributed by atoms with van der Waals surface area (Å²) in [5.74, 6) is 0.667. The van der Waals surface area contributed by atoms with Gasteiger partial charge in [0.05, 0.1) is 22.2 Å². The van der Waals surface area contributed by atoms with Gasteiger partial charge in [-0.25, -0.2) is 9.97 Å². The van der Waals surface area contributed by atoms with E-state index in [0.29, 0.717) is 5.95 Å². The first-order valence-corrected chi connectivity index (χ1v) is 15.2. The van der Waals surface area contributed by atoms with Crippen molar-refractivity contribution in [2.24, 2.45) is 0 Å². The number of hydrogen-bond donors (Lipinski definition) is 0. The number of nitrogens with zero attached hydrogens (tertiary/aromatic N) is 3. The number of furan rings is 1. The number of aromatic nitrogens is 3. The van der Waals surface area contributed by atoms with E-state index in [9.17, 15) is 0 Å². The van der Waals surface area contributed by atoms with Crippen LogP contribution in [0, 0.1) is 0 Å². The highest BCUT2D eigenvalue weighted by Gasteiger charge is 2.23. The maximum Gasteiger partial charge on any atom is 0.235 e. The molecule has 10 rings (SSSR count). The normalized spacial score (nSPS) is 12.2. The molecular weight excluding hydrogens is 547 g/mol. The molecule has 0 spiro atoms. The SMILES string of the molecule is c1ccc(-c2nc(-n3c4ccccc4c4ccc5sc6ccc7oc8ccccc8c7c6c5c43)nc3ccccc23)cc1. The predicted molar refractivity (Wildman–Crippen MR) is 179 cm³/mol. The maximum absolute atomic E-state index is 6.35. The third kappa shape index (κ3) is 3.14. The fourth-order valence-corrected chi connectivity index (χ4v) is 7.92. The van der Waals surface area contributed by atoms with Crippen LogP contribution in [0.1, 0.15) is 0 Å². The molecule has 5 heteroatoms. The average Bonchev–Trinajstić information content (AvgIpc) is 3.73. The fraction of sp³-hybridized carbons (Fsp3) is 0. The molecule has 10 aromatic rings. The summed E-state index contributed by atoms with van der Waals surface area (Å²) < 4.78 is 11.1. The molecule has 0 bridgehead atoms. The molecule has 0 aliphatic heterocycles. The summed E-state index contributed by atoms with van der Waals surface area (Å²) in [5, 5.41) is 8.14. The van der Waals surface area contributed by atoms with E-state index in [1.807, 2.05) is 29.5 Å². The fourth-order valence-electron chi connectivity index (χ4n) is 6.80. The maximum atomic E-state index is 6.35. The molecule has 0 fully saturated rings. The lowest BCUT2D eigenvalue weighted by Crippen LogP contribution is -2.03. The molecule has 43 heavy (non-hydrogen) atoms. The Labute approximate surface area is 249 Å². The Hall–Kier alpha value is -5.52. The van der Waals surface area contributed by atoms with E-state index in [-0.39, 0.29) is 0 Å². The van der Waals surface area contributed by atoms with Crippen molar-refractivity contribution in [2.45, 2.75) is 0 Å². The lowest BCUT2D eigenvalue weighted by atomic mass is 10.0. The molecule has 0 unspecified atom stereocenters. The van der Waals surface area contributed by atoms with Crippen molar-refractivity contribution in [3.8, 4) is 17.2 Å². The van der Waals surface area contributed by atoms with Crippen LogP contribution in [0.5, 0.6) is 0 Å². The van der Waals surface area contributed by atoms with Gasteiger partial charge in [-0.2, -0.15) is 0 Å². The summed E-state index contributed by atoms with van der Waals surface area (Å²) in [6, 6.07) is 44.5. The zero-order chi connectivity index (χ0) is 28.1. The predicted octanol–water partition coefficient (Wildman–Crippen LogP) is 10.7. The molecule has 0 aliphatic carbocycles. The summed E-state index contributed by atoms with van der Waals surface area (Å²) >= 11 is 1.82. The molecule has 4 heterocycles. The monoisotopic (exact) mass is 567 g/mol. The molecule has 0 aliphatic rings. The van der Waals surface area contributed by atoms with Crippen molar-refractivity contribution in [1.29, 1.82) is 0 Å². The lowest BCUT2D eigenvalue weighted by Gasteiger charge is -2.12. The second kappa shape index (κ2) is 8.51. The minimum atomic E-state index is 0.667. The highest BCUT2D eigenvalue weighted by atomic mass is 32.1. The molecule has 4 aromatic heterocycles. The Bertz CT molecular complexity index is 2730. The molecule has 0 N–H and O–H groups in total. The first kappa shape index (κ1) is 23.1. The zero-order valence-electron chi connectivity index (χ0n) is 22.8. The number of hydrogen-bond acceptors (Lipinski definition) is 4. The van der Waals surface area contributed by atoms with Crippen LogP contribution in [0.3, 0.4) is 0 Å². The van der Waals surface area contributed by atoms with Crippen molar-refractivity contribution in [1.82, 2.24) is 14.5 Å². The molecule has 6 aromatic carbocycles. The summed E-state index contributed by atoms with van der Waals surface area (Å²) in [6.45, 7) is 0. The number of rotatable bonds is 2. The van der Waals surface area contributed by atoms with Gasteiger partial charge in [-0.3, -0.25) is 4.57 Å². The number of para-hydroxylation sites is 3. The topological polar surface area (TPSA) is 43.9 Å². The Morgan fingerprint density at radius 2 is 1.23 bits per heavy atom. The van der Waals surface area contributed by atoms with Crippen molar-refractivity contribution in [2.75, 3.05) is 0 Å². The highest BCUT2D eigenvalue weighted by molar-refractivity contribution is 7.26. The van der Waals surface area contributed by atoms with Gasteiger partial charge in [-0.05, 0) is 36.4 Å². The Balaban J connectivity index is 1.44. The minimum Gasteiger partial charge on any atom is -0.456 e. The van der Waals surface area contributed by atoms with E-state index < -0.39 is 0 Å². The van der Waals surface area contributed by atoms with Gasteiger partial charge in [0, 0.05) is 52.7 Å². The first-order valence-electron chi connectivity index (χ1n) is 14.3. The Kier molecular flexibility index (Phi) is 4.57. The van der Waals surface area contributed by atoms with Crippen LogP contribution >= 0.6 is 11.3 Å². The van der Waals surface area contributed by atoms with E-state index >= 15 is 0 Å². The Morgan fingerprint density at radius 1 is 0.512 bits per heavy atom. The number of benzene rings is 6. The number of fused-ring (bicyclic) bond motifs is 12. The molecule has 0 saturated carbocycles. The largest absolute Gasteiger partial charge is 0.456 e. The molecular formula is C38H21N3OS. The molecule has 4 nitrogen and oxygen atoms in total. The van der Waals surface area contributed by atoms with Gasteiger partial charge < -0.3 is 4.42 Å². The van der Waals surface area contributed by atoms with Gasteiger partial charge in [0.15, 0.2) is 0 Å². The van der Waals surface area contributed by atoms with Crippen LogP contribution in [-0.2, 0) is 0 Å². The van der Waals surface area contributed by atoms with Crippen LogP contribution in [0.25, 0.3) is 92.0 Å². The van der Waals surface area contributed by atoms with Crippen molar-refractivity contribution in [3.05, 3.63) is 127 Å². The highest BCUT2D eigenvalue weighted by Crippen LogP contribution is 2.47. The van der Waals surface area contributed by atoms with E-state index in [0.717, 1.165) is 55.1 Å². The van der Waals surface area contributed by atoms with Crippen LogP contribution in [0.4, 0.5) is 0 Å². The van der Waals surface area contributed by atoms with Gasteiger partial charge in [-0.15, -0.1) is 11.3 Å². The van der Waals surface area contributed by atoms with E-state index in [4.69, 9.17) is 14.4 Å². The average molecular weight is 568 g/mol. The minimum absolute atomic E-state index is 0.667. The van der Waals surface area contributed by atoms with Crippen molar-refractivity contribution < 1.29 is 4.42 Å². The quantitative estimate of drug-likeness (QED) is 0.209. The van der Waals surface area contributed by atoms with Crippen molar-refractivity contribution >= 4 is 86.2 Å². The standard InChI is InChI=1S/C38H21N3OS/c1-2-10-22(11-3-1)36-25-13-4-7-15-27(25)39-38(40-36)41-28-16-8-5-12-23(28)24-18-20-32-35(37(24)41)34-31(43-32)21-19-30-33(34)26-14-6-9-17-29(26)42-30/h1-21H. The third-order valence-corrected chi connectivity index (χ3v) is 9.73. The van der Waals surface area contributed by atoms with Gasteiger partial charge in [0.25, 0.3) is 0 Å². The smallest absolute Gasteiger partial charge is 0.235 e. The van der Waals surface area contributed by atoms with E-state index in [2.05, 4.69) is 114 Å². The first-order chi connectivity index (χ1) is 21.3. The van der Waals surface area contributed by atoms with Crippen molar-refractivity contribution in [3.63, 3.8) is 0 Å². The molecule has 0 atom stereocenters. The van der Waals surface area contributed by atoms with Crippen LogP contribution in [-0.4, -0.2) is 14.5 Å². The second-order valence-electron chi connectivity index (χ2n) is 11.0. The van der Waals surface area contributed by atoms with Crippen LogP contribution in [0.15, 0.2) is 132 Å². The van der Waals surface area contributed by atoms with Gasteiger partial charge in [0.1, 0.15) is 11.2 Å². The summed E-state index contributed by atoms with van der Waals surface area (Å²) in [4.78, 5) is 10.5. The molecule has 0 radical (unpaired) electrons. The molecule has 0 amide bonds. The van der Waals surface area contributed by atoms with Gasteiger partial charge in [-0.1, -0.05) is 91.0 Å². The van der Waals surface area contributed by atoms with Crippen LogP contribution < -0.4 is 0 Å². The third-order valence-electron chi connectivity index (χ3n) is 8.61. The molecule has 200 valence electrons. The number of thiophene rings is 1. The summed E-state index contributed by atoms with van der Waals surface area (Å²) in [6.07, 6.45) is 0. The van der Waals surface area contributed by atoms with Crippen LogP contribution in [0.2, 0.25) is 0 Å². The van der Waals surface area contributed by atoms with Gasteiger partial charge in [0.2, 0.25) is 5.95 Å². The zero-order valence-corrected chi connectivity index (χ0v) is 23.6. The second-order valence-corrected chi connectivity index (χ2v) is 12.0. The van der Waals surface area contributed by atoms with E-state index in [1.54, 1.807) is 0 Å². The lowest BCUT2D eigenvalue weighted by molar-refractivity contribution is 0.669. The van der Waals surface area contributed by atoms with E-state index in [1.165, 1.54) is 30.9 Å². The Morgan fingerprint density at radius 3 is 2.14 bits per heavy atom. The summed E-state index contributed by atoms with van der Waals surface area (Å²) in [7, 11) is 0. The molecule has 0 saturated heterocycles. The summed E-state index contributed by atoms with van der Waals surface area (Å²) in [5.41, 5.74) is 6.94. The van der Waals surface area contributed by atoms with Gasteiger partial charge >= 0.3 is 0 Å².